The second kappa shape index (κ2) is 39.9. The summed E-state index contributed by atoms with van der Waals surface area (Å²) in [6, 6.07) is -2.20. The van der Waals surface area contributed by atoms with Gasteiger partial charge in [-0.15, -0.1) is 0 Å². The summed E-state index contributed by atoms with van der Waals surface area (Å²) in [5.41, 5.74) is 0. The van der Waals surface area contributed by atoms with Gasteiger partial charge in [-0.1, -0.05) is 84.0 Å². The summed E-state index contributed by atoms with van der Waals surface area (Å²) >= 11 is 0. The number of carbonyl (C=O) groups excluding carboxylic acids is 5. The minimum atomic E-state index is -1.24. The highest BCUT2D eigenvalue weighted by atomic mass is 16.5. The number of carbonyl (C=O) groups is 9. The van der Waals surface area contributed by atoms with Gasteiger partial charge in [0.05, 0.1) is 19.1 Å². The van der Waals surface area contributed by atoms with Gasteiger partial charge in [-0.3, -0.25) is 28.8 Å². The Hall–Kier alpha value is -4.25. The number of methoxy groups -OCH3 is 1. The van der Waals surface area contributed by atoms with Crippen LogP contribution in [0.15, 0.2) is 0 Å². The third-order valence-corrected chi connectivity index (χ3v) is 9.90. The maximum Gasteiger partial charge on any atom is 0.326 e. The molecule has 0 unspecified atom stereocenters. The van der Waals surface area contributed by atoms with Gasteiger partial charge >= 0.3 is 23.9 Å². The van der Waals surface area contributed by atoms with Crippen LogP contribution in [0.5, 0.6) is 0 Å². The van der Waals surface area contributed by atoms with E-state index < -0.39 is 53.6 Å². The van der Waals surface area contributed by atoms with E-state index in [-0.39, 0.29) is 75.3 Å². The van der Waals surface area contributed by atoms with Crippen LogP contribution in [0, 0.1) is 5.92 Å². The number of hydrogen-bond acceptors (Lipinski definition) is 11. The molecule has 2 amide bonds. The summed E-state index contributed by atoms with van der Waals surface area (Å²) in [6.07, 6.45) is 17.1. The quantitative estimate of drug-likeness (QED) is 0.0360. The average molecular weight is 873 g/mol. The van der Waals surface area contributed by atoms with E-state index in [4.69, 9.17) is 24.8 Å². The number of nitrogens with one attached hydrogen (secondary N) is 2. The fourth-order valence-corrected chi connectivity index (χ4v) is 6.18. The van der Waals surface area contributed by atoms with Crippen molar-refractivity contribution in [2.45, 2.75) is 193 Å². The molecule has 0 saturated heterocycles. The Labute approximate surface area is 361 Å². The lowest BCUT2D eigenvalue weighted by molar-refractivity contribution is -0.145. The van der Waals surface area contributed by atoms with Gasteiger partial charge < -0.3 is 45.3 Å². The third kappa shape index (κ3) is 39.6. The lowest BCUT2D eigenvalue weighted by atomic mass is 9.94. The molecule has 0 aliphatic carbocycles. The first-order valence-electron chi connectivity index (χ1n) is 22.1. The molecule has 0 aliphatic rings. The van der Waals surface area contributed by atoms with Crippen molar-refractivity contribution in [3.05, 3.63) is 0 Å². The predicted octanol–water partition coefficient (Wildman–Crippen LogP) is 6.45. The van der Waals surface area contributed by atoms with Gasteiger partial charge in [-0.2, -0.15) is 0 Å². The van der Waals surface area contributed by atoms with Crippen LogP contribution in [0.1, 0.15) is 181 Å². The zero-order valence-electron chi connectivity index (χ0n) is 37.0. The Morgan fingerprint density at radius 1 is 0.475 bits per heavy atom. The van der Waals surface area contributed by atoms with Crippen LogP contribution in [0.2, 0.25) is 0 Å². The van der Waals surface area contributed by atoms with Crippen molar-refractivity contribution >= 4 is 53.0 Å². The first kappa shape index (κ1) is 58.8. The maximum atomic E-state index is 12.2. The SMILES string of the molecule is CCC(=O)N[C@@H](CCC(=O)C[C@@H](CCC(C)=O)C(=O)O)C(=O)O.COCCOCCCC(=O)CC[C@H](NC(=O)CCCCCCCCCCCCCCCCC(=O)O)C(=O)O. The van der Waals surface area contributed by atoms with Crippen molar-refractivity contribution in [3.8, 4) is 0 Å². The minimum absolute atomic E-state index is 0.0224. The zero-order chi connectivity index (χ0) is 46.3. The molecule has 61 heavy (non-hydrogen) atoms. The molecule has 0 aromatic rings. The van der Waals surface area contributed by atoms with Gasteiger partial charge in [-0.25, -0.2) is 9.59 Å². The molecule has 0 aromatic heterocycles. The van der Waals surface area contributed by atoms with Gasteiger partial charge in [0.1, 0.15) is 29.4 Å². The molecule has 0 radical (unpaired) electrons. The fraction of sp³-hybridized carbons (Fsp3) is 0.795. The van der Waals surface area contributed by atoms with Crippen molar-refractivity contribution < 1.29 is 73.1 Å². The zero-order valence-corrected chi connectivity index (χ0v) is 37.0. The van der Waals surface area contributed by atoms with Gasteiger partial charge in [-0.05, 0) is 45.4 Å². The van der Waals surface area contributed by atoms with E-state index >= 15 is 0 Å². The number of carboxylic acids is 4. The number of Topliss-reactive ketones (excluding diaryl/α,β-unsaturated/α-hetero) is 3. The number of aliphatic carboxylic acids is 4. The molecule has 0 spiro atoms. The molecule has 6 N–H and O–H groups in total. The lowest BCUT2D eigenvalue weighted by Crippen LogP contribution is -2.41. The van der Waals surface area contributed by atoms with E-state index in [9.17, 15) is 48.3 Å². The molecule has 352 valence electrons. The first-order valence-corrected chi connectivity index (χ1v) is 22.1. The van der Waals surface area contributed by atoms with Crippen LogP contribution in [0.3, 0.4) is 0 Å². The second-order valence-electron chi connectivity index (χ2n) is 15.5. The minimum Gasteiger partial charge on any atom is -0.481 e. The van der Waals surface area contributed by atoms with Crippen LogP contribution < -0.4 is 10.6 Å². The van der Waals surface area contributed by atoms with E-state index in [1.165, 1.54) is 51.9 Å². The number of carboxylic acid groups (broad SMARTS) is 4. The van der Waals surface area contributed by atoms with Crippen molar-refractivity contribution in [1.82, 2.24) is 10.6 Å². The molecule has 17 heteroatoms. The van der Waals surface area contributed by atoms with Crippen LogP contribution in [0.25, 0.3) is 0 Å². The molecule has 0 heterocycles. The molecule has 0 aromatic carbocycles. The lowest BCUT2D eigenvalue weighted by Gasteiger charge is -2.14. The summed E-state index contributed by atoms with van der Waals surface area (Å²) in [4.78, 5) is 102. The normalized spacial score (nSPS) is 12.2. The topological polar surface area (TPSA) is 277 Å². The highest BCUT2D eigenvalue weighted by molar-refractivity contribution is 5.87. The maximum absolute atomic E-state index is 12.2. The first-order chi connectivity index (χ1) is 29.0. The number of hydrogen-bond donors (Lipinski definition) is 6. The van der Waals surface area contributed by atoms with Crippen LogP contribution in [-0.4, -0.2) is 112 Å². The van der Waals surface area contributed by atoms with Crippen molar-refractivity contribution in [3.63, 3.8) is 0 Å². The number of rotatable bonds is 41. The Morgan fingerprint density at radius 3 is 1.36 bits per heavy atom. The average Bonchev–Trinajstić information content (AvgIpc) is 3.20. The molecule has 0 rings (SSSR count). The summed E-state index contributed by atoms with van der Waals surface area (Å²) < 4.78 is 10.2. The molecule has 0 fully saturated rings. The Bertz CT molecular complexity index is 1290. The van der Waals surface area contributed by atoms with Gasteiger partial charge in [0.15, 0.2) is 0 Å². The molecule has 17 nitrogen and oxygen atoms in total. The van der Waals surface area contributed by atoms with Crippen LogP contribution >= 0.6 is 0 Å². The highest BCUT2D eigenvalue weighted by Gasteiger charge is 2.25. The van der Waals surface area contributed by atoms with Gasteiger partial charge in [0.25, 0.3) is 0 Å². The molecular formula is C44H76N2O15. The fourth-order valence-electron chi connectivity index (χ4n) is 6.18. The molecule has 0 bridgehead atoms. The molecule has 0 aliphatic heterocycles. The van der Waals surface area contributed by atoms with E-state index in [1.807, 2.05) is 0 Å². The molecule has 0 saturated carbocycles. The monoisotopic (exact) mass is 873 g/mol. The number of ketones is 3. The molecular weight excluding hydrogens is 796 g/mol. The smallest absolute Gasteiger partial charge is 0.326 e. The van der Waals surface area contributed by atoms with E-state index in [2.05, 4.69) is 10.6 Å². The summed E-state index contributed by atoms with van der Waals surface area (Å²) in [7, 11) is 1.59. The van der Waals surface area contributed by atoms with Crippen molar-refractivity contribution in [2.24, 2.45) is 5.92 Å². The summed E-state index contributed by atoms with van der Waals surface area (Å²) in [6.45, 7) is 4.38. The Balaban J connectivity index is 0. The van der Waals surface area contributed by atoms with Gasteiger partial charge in [0.2, 0.25) is 11.8 Å². The number of unbranched alkanes of at least 4 members (excludes halogenated alkanes) is 13. The van der Waals surface area contributed by atoms with Crippen molar-refractivity contribution in [1.29, 1.82) is 0 Å². The van der Waals surface area contributed by atoms with Crippen LogP contribution in [0.4, 0.5) is 0 Å². The summed E-state index contributed by atoms with van der Waals surface area (Å²) in [5, 5.41) is 40.9. The highest BCUT2D eigenvalue weighted by Crippen LogP contribution is 2.16. The second-order valence-corrected chi connectivity index (χ2v) is 15.5. The Morgan fingerprint density at radius 2 is 0.934 bits per heavy atom. The third-order valence-electron chi connectivity index (χ3n) is 9.90. The van der Waals surface area contributed by atoms with E-state index in [0.29, 0.717) is 39.1 Å². The predicted molar refractivity (Wildman–Crippen MR) is 227 cm³/mol. The number of ether oxygens (including phenoxy) is 2. The van der Waals surface area contributed by atoms with E-state index in [1.54, 1.807) is 14.0 Å². The standard InChI is InChI=1S/C29H53NO8.C15H23NO7/c1-37-23-24-38-22-16-17-25(31)20-21-26(29(35)36)30-27(32)18-14-12-10-8-6-4-2-3-5-7-9-11-13-15-19-28(33)34;1-3-13(19)16-12(15(22)23)7-6-11(18)8-10(14(20)21)5-4-9(2)17/h26H,2-24H2,1H3,(H,30,32)(H,33,34)(H,35,36);10,12H,3-8H2,1-2H3,(H,16,19)(H,20,21)(H,22,23)/t26-;10-,12+/m01/s1. The van der Waals surface area contributed by atoms with Gasteiger partial charge in [0, 0.05) is 65.1 Å². The van der Waals surface area contributed by atoms with Crippen LogP contribution in [-0.2, 0) is 52.6 Å². The van der Waals surface area contributed by atoms with E-state index in [0.717, 1.165) is 44.9 Å². The summed E-state index contributed by atoms with van der Waals surface area (Å²) in [5.74, 6) is -6.45. The molecule has 3 atom stereocenters. The van der Waals surface area contributed by atoms with Crippen molar-refractivity contribution in [2.75, 3.05) is 26.9 Å². The largest absolute Gasteiger partial charge is 0.481 e. The Kier molecular flexibility index (Phi) is 38.4. The number of amides is 2.